The molecule has 0 saturated heterocycles. The van der Waals surface area contributed by atoms with E-state index in [1.165, 1.54) is 11.8 Å². The Morgan fingerprint density at radius 2 is 1.40 bits per heavy atom. The Balaban J connectivity index is 1.62. The van der Waals surface area contributed by atoms with Crippen LogP contribution in [0.1, 0.15) is 10.8 Å². The van der Waals surface area contributed by atoms with Gasteiger partial charge in [-0.1, -0.05) is 12.1 Å². The Kier molecular flexibility index (Phi) is 5.83. The molecule has 0 spiro atoms. The van der Waals surface area contributed by atoms with E-state index in [0.29, 0.717) is 22.9 Å². The molecule has 1 heterocycles. The summed E-state index contributed by atoms with van der Waals surface area (Å²) in [7, 11) is 3.21. The number of carbonyl (C=O) groups is 1. The Morgan fingerprint density at radius 3 is 2.03 bits per heavy atom. The SMILES string of the molecule is COc1ccc(Oc2ccc3c(c2)S[C@@H](c2ccc(OC)cc2)[C@@H](O)C(=O)N3)cc1. The monoisotopic (exact) mass is 423 g/mol. The fourth-order valence-electron chi connectivity index (χ4n) is 3.14. The number of thioether (sulfide) groups is 1. The molecule has 7 heteroatoms. The summed E-state index contributed by atoms with van der Waals surface area (Å²) in [4.78, 5) is 13.3. The molecule has 30 heavy (non-hydrogen) atoms. The number of rotatable bonds is 5. The van der Waals surface area contributed by atoms with Crippen LogP contribution in [0.5, 0.6) is 23.0 Å². The highest BCUT2D eigenvalue weighted by Gasteiger charge is 2.33. The molecule has 0 radical (unpaired) electrons. The lowest BCUT2D eigenvalue weighted by molar-refractivity contribution is -0.124. The van der Waals surface area contributed by atoms with E-state index in [1.807, 2.05) is 54.6 Å². The summed E-state index contributed by atoms with van der Waals surface area (Å²) in [5.74, 6) is 2.33. The highest BCUT2D eigenvalue weighted by Crippen LogP contribution is 2.45. The summed E-state index contributed by atoms with van der Waals surface area (Å²) < 4.78 is 16.3. The largest absolute Gasteiger partial charge is 0.497 e. The Hall–Kier alpha value is -3.16. The van der Waals surface area contributed by atoms with Crippen molar-refractivity contribution in [3.63, 3.8) is 0 Å². The summed E-state index contributed by atoms with van der Waals surface area (Å²) >= 11 is 1.41. The van der Waals surface area contributed by atoms with Gasteiger partial charge in [0, 0.05) is 4.90 Å². The first-order valence-electron chi connectivity index (χ1n) is 9.33. The normalized spacial score (nSPS) is 18.0. The summed E-state index contributed by atoms with van der Waals surface area (Å²) in [6.07, 6.45) is -1.19. The van der Waals surface area contributed by atoms with Crippen LogP contribution in [0.3, 0.4) is 0 Å². The van der Waals surface area contributed by atoms with E-state index in [-0.39, 0.29) is 0 Å². The molecule has 3 aromatic rings. The van der Waals surface area contributed by atoms with Crippen molar-refractivity contribution < 1.29 is 24.1 Å². The fraction of sp³-hybridized carbons (Fsp3) is 0.174. The van der Waals surface area contributed by atoms with E-state index in [1.54, 1.807) is 26.4 Å². The maximum atomic E-state index is 12.5. The molecule has 0 saturated carbocycles. The number of aliphatic hydroxyl groups is 1. The summed E-state index contributed by atoms with van der Waals surface area (Å²) in [5, 5.41) is 12.9. The zero-order valence-electron chi connectivity index (χ0n) is 16.5. The minimum Gasteiger partial charge on any atom is -0.497 e. The van der Waals surface area contributed by atoms with Crippen molar-refractivity contribution in [3.8, 4) is 23.0 Å². The van der Waals surface area contributed by atoms with Crippen molar-refractivity contribution in [2.45, 2.75) is 16.2 Å². The average molecular weight is 423 g/mol. The molecule has 154 valence electrons. The Labute approximate surface area is 178 Å². The molecule has 0 unspecified atom stereocenters. The molecule has 1 amide bonds. The highest BCUT2D eigenvalue weighted by molar-refractivity contribution is 7.99. The van der Waals surface area contributed by atoms with Crippen molar-refractivity contribution in [1.82, 2.24) is 0 Å². The van der Waals surface area contributed by atoms with Crippen LogP contribution in [0.4, 0.5) is 5.69 Å². The molecule has 0 bridgehead atoms. The summed E-state index contributed by atoms with van der Waals surface area (Å²) in [6.45, 7) is 0. The van der Waals surface area contributed by atoms with E-state index in [4.69, 9.17) is 14.2 Å². The third-order valence-electron chi connectivity index (χ3n) is 4.76. The quantitative estimate of drug-likeness (QED) is 0.623. The lowest BCUT2D eigenvalue weighted by Crippen LogP contribution is -2.30. The van der Waals surface area contributed by atoms with Gasteiger partial charge in [-0.2, -0.15) is 0 Å². The number of nitrogens with one attached hydrogen (secondary N) is 1. The van der Waals surface area contributed by atoms with Crippen LogP contribution in [0.15, 0.2) is 71.6 Å². The van der Waals surface area contributed by atoms with E-state index >= 15 is 0 Å². The maximum absolute atomic E-state index is 12.5. The number of carbonyl (C=O) groups excluding carboxylic acids is 1. The van der Waals surface area contributed by atoms with E-state index in [9.17, 15) is 9.90 Å². The number of aliphatic hydroxyl groups excluding tert-OH is 1. The van der Waals surface area contributed by atoms with Crippen molar-refractivity contribution in [2.24, 2.45) is 0 Å². The van der Waals surface area contributed by atoms with Crippen LogP contribution in [-0.2, 0) is 4.79 Å². The molecular formula is C23H21NO5S. The van der Waals surface area contributed by atoms with Gasteiger partial charge in [0.25, 0.3) is 5.91 Å². The average Bonchev–Trinajstić information content (AvgIpc) is 2.90. The third kappa shape index (κ3) is 4.22. The smallest absolute Gasteiger partial charge is 0.254 e. The van der Waals surface area contributed by atoms with Crippen LogP contribution in [-0.4, -0.2) is 31.3 Å². The van der Waals surface area contributed by atoms with Gasteiger partial charge >= 0.3 is 0 Å². The molecule has 4 rings (SSSR count). The van der Waals surface area contributed by atoms with Gasteiger partial charge in [-0.15, -0.1) is 11.8 Å². The van der Waals surface area contributed by atoms with Crippen molar-refractivity contribution in [2.75, 3.05) is 19.5 Å². The Bertz CT molecular complexity index is 1040. The zero-order valence-corrected chi connectivity index (χ0v) is 17.3. The number of hydrogen-bond acceptors (Lipinski definition) is 6. The third-order valence-corrected chi connectivity index (χ3v) is 6.14. The molecular weight excluding hydrogens is 402 g/mol. The van der Waals surface area contributed by atoms with Crippen molar-refractivity contribution >= 4 is 23.4 Å². The molecule has 0 fully saturated rings. The Morgan fingerprint density at radius 1 is 0.833 bits per heavy atom. The highest BCUT2D eigenvalue weighted by atomic mass is 32.2. The first-order valence-corrected chi connectivity index (χ1v) is 10.2. The van der Waals surface area contributed by atoms with E-state index in [2.05, 4.69) is 5.32 Å². The molecule has 3 aromatic carbocycles. The molecule has 0 aromatic heterocycles. The van der Waals surface area contributed by atoms with E-state index in [0.717, 1.165) is 16.2 Å². The number of methoxy groups -OCH3 is 2. The van der Waals surface area contributed by atoms with Crippen molar-refractivity contribution in [3.05, 3.63) is 72.3 Å². The molecule has 2 N–H and O–H groups in total. The first kappa shape index (κ1) is 20.1. The predicted octanol–water partition coefficient (Wildman–Crippen LogP) is 4.64. The van der Waals surface area contributed by atoms with Crippen LogP contribution < -0.4 is 19.5 Å². The van der Waals surface area contributed by atoms with Gasteiger partial charge in [0.1, 0.15) is 29.1 Å². The predicted molar refractivity (Wildman–Crippen MR) is 116 cm³/mol. The molecule has 1 aliphatic heterocycles. The van der Waals surface area contributed by atoms with Gasteiger partial charge in [0.15, 0.2) is 0 Å². The van der Waals surface area contributed by atoms with Gasteiger partial charge in [-0.05, 0) is 60.2 Å². The fourth-order valence-corrected chi connectivity index (χ4v) is 4.39. The minimum absolute atomic E-state index is 0.439. The number of fused-ring (bicyclic) bond motifs is 1. The van der Waals surface area contributed by atoms with Crippen LogP contribution in [0, 0.1) is 0 Å². The van der Waals surface area contributed by atoms with Gasteiger partial charge in [0.2, 0.25) is 0 Å². The molecule has 0 aliphatic carbocycles. The second-order valence-corrected chi connectivity index (χ2v) is 7.86. The van der Waals surface area contributed by atoms with Gasteiger partial charge in [0.05, 0.1) is 25.2 Å². The molecule has 1 aliphatic rings. The molecule has 2 atom stereocenters. The van der Waals surface area contributed by atoms with E-state index < -0.39 is 17.3 Å². The number of hydrogen-bond donors (Lipinski definition) is 2. The lowest BCUT2D eigenvalue weighted by Gasteiger charge is -2.19. The second kappa shape index (κ2) is 8.69. The number of ether oxygens (including phenoxy) is 3. The van der Waals surface area contributed by atoms with Gasteiger partial charge < -0.3 is 24.6 Å². The standard InChI is InChI=1S/C23H21NO5S/c1-27-15-5-3-14(4-6-15)22-21(25)23(26)24-19-12-11-18(13-20(19)30-22)29-17-9-7-16(28-2)8-10-17/h3-13,21-22,25H,1-2H3,(H,24,26)/t21-,22+/m1/s1. The zero-order chi connectivity index (χ0) is 21.1. The number of amides is 1. The van der Waals surface area contributed by atoms with Crippen LogP contribution in [0.25, 0.3) is 0 Å². The number of benzene rings is 3. The second-order valence-electron chi connectivity index (χ2n) is 6.68. The van der Waals surface area contributed by atoms with Gasteiger partial charge in [-0.25, -0.2) is 0 Å². The van der Waals surface area contributed by atoms with Crippen molar-refractivity contribution in [1.29, 1.82) is 0 Å². The topological polar surface area (TPSA) is 77.0 Å². The lowest BCUT2D eigenvalue weighted by atomic mass is 10.1. The minimum atomic E-state index is -1.19. The summed E-state index contributed by atoms with van der Waals surface area (Å²) in [5.41, 5.74) is 1.47. The van der Waals surface area contributed by atoms with Gasteiger partial charge in [-0.3, -0.25) is 4.79 Å². The van der Waals surface area contributed by atoms with Crippen LogP contribution in [0.2, 0.25) is 0 Å². The summed E-state index contributed by atoms with van der Waals surface area (Å²) in [6, 6.07) is 20.1. The maximum Gasteiger partial charge on any atom is 0.254 e. The van der Waals surface area contributed by atoms with Crippen LogP contribution >= 0.6 is 11.8 Å². The first-order chi connectivity index (χ1) is 14.6. The number of anilines is 1. The molecule has 6 nitrogen and oxygen atoms in total.